The summed E-state index contributed by atoms with van der Waals surface area (Å²) in [7, 11) is 0. The molecule has 0 amide bonds. The molecule has 4 heteroatoms. The van der Waals surface area contributed by atoms with Crippen LogP contribution in [0.3, 0.4) is 0 Å². The van der Waals surface area contributed by atoms with E-state index < -0.39 is 0 Å². The molecule has 1 saturated carbocycles. The highest BCUT2D eigenvalue weighted by molar-refractivity contribution is 5.87. The van der Waals surface area contributed by atoms with E-state index in [0.29, 0.717) is 11.9 Å². The van der Waals surface area contributed by atoms with E-state index in [2.05, 4.69) is 17.0 Å². The Morgan fingerprint density at radius 3 is 2.61 bits per heavy atom. The van der Waals surface area contributed by atoms with Crippen molar-refractivity contribution in [3.63, 3.8) is 0 Å². The van der Waals surface area contributed by atoms with Gasteiger partial charge in [0.1, 0.15) is 5.84 Å². The van der Waals surface area contributed by atoms with Crippen molar-refractivity contribution in [2.75, 3.05) is 13.1 Å². The second-order valence-electron chi connectivity index (χ2n) is 4.81. The SMILES string of the molecule is CCN(CC(C(N)=NO)c1ccccc1)C1CC1. The van der Waals surface area contributed by atoms with Gasteiger partial charge in [0.15, 0.2) is 0 Å². The van der Waals surface area contributed by atoms with E-state index in [1.807, 2.05) is 30.3 Å². The minimum atomic E-state index is -0.0308. The Bertz CT molecular complexity index is 401. The Morgan fingerprint density at radius 2 is 2.11 bits per heavy atom. The number of amidine groups is 1. The van der Waals surface area contributed by atoms with Crippen LogP contribution in [0.2, 0.25) is 0 Å². The minimum absolute atomic E-state index is 0.0308. The minimum Gasteiger partial charge on any atom is -0.409 e. The third-order valence-corrected chi connectivity index (χ3v) is 3.56. The van der Waals surface area contributed by atoms with Gasteiger partial charge in [-0.3, -0.25) is 4.90 Å². The molecule has 1 aliphatic carbocycles. The zero-order valence-electron chi connectivity index (χ0n) is 10.8. The molecule has 0 radical (unpaired) electrons. The lowest BCUT2D eigenvalue weighted by Crippen LogP contribution is -2.36. The second-order valence-corrected chi connectivity index (χ2v) is 4.81. The first-order valence-corrected chi connectivity index (χ1v) is 6.52. The molecule has 18 heavy (non-hydrogen) atoms. The summed E-state index contributed by atoms with van der Waals surface area (Å²) in [5.41, 5.74) is 6.95. The van der Waals surface area contributed by atoms with Gasteiger partial charge in [-0.05, 0) is 24.9 Å². The van der Waals surface area contributed by atoms with Crippen LogP contribution in [-0.2, 0) is 0 Å². The second kappa shape index (κ2) is 5.87. The van der Waals surface area contributed by atoms with Crippen LogP contribution >= 0.6 is 0 Å². The number of nitrogens with zero attached hydrogens (tertiary/aromatic N) is 2. The summed E-state index contributed by atoms with van der Waals surface area (Å²) >= 11 is 0. The van der Waals surface area contributed by atoms with Gasteiger partial charge in [-0.1, -0.05) is 42.4 Å². The zero-order valence-corrected chi connectivity index (χ0v) is 10.8. The van der Waals surface area contributed by atoms with Gasteiger partial charge in [0.2, 0.25) is 0 Å². The van der Waals surface area contributed by atoms with E-state index in [-0.39, 0.29) is 5.92 Å². The average molecular weight is 247 g/mol. The number of nitrogens with two attached hydrogens (primary N) is 1. The van der Waals surface area contributed by atoms with Crippen LogP contribution in [-0.4, -0.2) is 35.1 Å². The largest absolute Gasteiger partial charge is 0.409 e. The van der Waals surface area contributed by atoms with Crippen molar-refractivity contribution in [2.45, 2.75) is 31.7 Å². The maximum atomic E-state index is 8.95. The van der Waals surface area contributed by atoms with Gasteiger partial charge in [0.05, 0.1) is 5.92 Å². The Morgan fingerprint density at radius 1 is 1.44 bits per heavy atom. The maximum absolute atomic E-state index is 8.95. The number of rotatable bonds is 6. The van der Waals surface area contributed by atoms with E-state index in [1.165, 1.54) is 12.8 Å². The van der Waals surface area contributed by atoms with Crippen molar-refractivity contribution in [1.82, 2.24) is 4.90 Å². The standard InChI is InChI=1S/C14H21N3O/c1-2-17(12-8-9-12)10-13(14(15)16-18)11-6-4-3-5-7-11/h3-7,12-13,18H,2,8-10H2,1H3,(H2,15,16). The Hall–Kier alpha value is -1.55. The molecule has 0 aliphatic heterocycles. The molecule has 2 rings (SSSR count). The Balaban J connectivity index is 2.15. The fourth-order valence-electron chi connectivity index (χ4n) is 2.34. The van der Waals surface area contributed by atoms with Crippen molar-refractivity contribution < 1.29 is 5.21 Å². The van der Waals surface area contributed by atoms with Crippen LogP contribution in [0, 0.1) is 0 Å². The molecule has 1 unspecified atom stereocenters. The highest BCUT2D eigenvalue weighted by Crippen LogP contribution is 2.29. The van der Waals surface area contributed by atoms with E-state index in [0.717, 1.165) is 18.7 Å². The van der Waals surface area contributed by atoms with Gasteiger partial charge < -0.3 is 10.9 Å². The molecule has 0 heterocycles. The summed E-state index contributed by atoms with van der Waals surface area (Å²) in [6.07, 6.45) is 2.54. The van der Waals surface area contributed by atoms with Crippen LogP contribution in [0.4, 0.5) is 0 Å². The van der Waals surface area contributed by atoms with E-state index in [9.17, 15) is 0 Å². The fourth-order valence-corrected chi connectivity index (χ4v) is 2.34. The predicted octanol–water partition coefficient (Wildman–Crippen LogP) is 2.00. The molecule has 1 aromatic rings. The van der Waals surface area contributed by atoms with Crippen molar-refractivity contribution >= 4 is 5.84 Å². The van der Waals surface area contributed by atoms with Crippen molar-refractivity contribution in [1.29, 1.82) is 0 Å². The fraction of sp³-hybridized carbons (Fsp3) is 0.500. The summed E-state index contributed by atoms with van der Waals surface area (Å²) in [6, 6.07) is 10.7. The van der Waals surface area contributed by atoms with Crippen LogP contribution in [0.1, 0.15) is 31.2 Å². The molecule has 4 nitrogen and oxygen atoms in total. The van der Waals surface area contributed by atoms with Gasteiger partial charge in [-0.15, -0.1) is 0 Å². The number of likely N-dealkylation sites (N-methyl/N-ethyl adjacent to an activating group) is 1. The summed E-state index contributed by atoms with van der Waals surface area (Å²) in [5, 5.41) is 12.2. The van der Waals surface area contributed by atoms with Crippen molar-refractivity contribution in [2.24, 2.45) is 10.9 Å². The molecule has 0 saturated heterocycles. The molecule has 0 aromatic heterocycles. The quantitative estimate of drug-likeness (QED) is 0.350. The molecule has 1 fully saturated rings. The van der Waals surface area contributed by atoms with Gasteiger partial charge in [-0.2, -0.15) is 0 Å². The third kappa shape index (κ3) is 3.01. The van der Waals surface area contributed by atoms with Gasteiger partial charge in [0.25, 0.3) is 0 Å². The van der Waals surface area contributed by atoms with Crippen molar-refractivity contribution in [3.05, 3.63) is 35.9 Å². The predicted molar refractivity (Wildman–Crippen MR) is 72.9 cm³/mol. The smallest absolute Gasteiger partial charge is 0.147 e. The highest BCUT2D eigenvalue weighted by Gasteiger charge is 2.30. The molecule has 98 valence electrons. The molecule has 1 aromatic carbocycles. The summed E-state index contributed by atoms with van der Waals surface area (Å²) in [6.45, 7) is 3.99. The average Bonchev–Trinajstić information content (AvgIpc) is 3.25. The molecular weight excluding hydrogens is 226 g/mol. The van der Waals surface area contributed by atoms with Crippen LogP contribution < -0.4 is 5.73 Å². The normalized spacial score (nSPS) is 18.0. The van der Waals surface area contributed by atoms with Crippen LogP contribution in [0.5, 0.6) is 0 Å². The van der Waals surface area contributed by atoms with E-state index in [1.54, 1.807) is 0 Å². The summed E-state index contributed by atoms with van der Waals surface area (Å²) in [5.74, 6) is 0.261. The van der Waals surface area contributed by atoms with Gasteiger partial charge in [0, 0.05) is 12.6 Å². The summed E-state index contributed by atoms with van der Waals surface area (Å²) < 4.78 is 0. The Kier molecular flexibility index (Phi) is 4.20. The van der Waals surface area contributed by atoms with Crippen LogP contribution in [0.25, 0.3) is 0 Å². The summed E-state index contributed by atoms with van der Waals surface area (Å²) in [4.78, 5) is 2.41. The molecular formula is C14H21N3O. The first kappa shape index (κ1) is 12.9. The lowest BCUT2D eigenvalue weighted by molar-refractivity contribution is 0.269. The molecule has 0 spiro atoms. The maximum Gasteiger partial charge on any atom is 0.147 e. The van der Waals surface area contributed by atoms with Crippen molar-refractivity contribution in [3.8, 4) is 0 Å². The van der Waals surface area contributed by atoms with Crippen LogP contribution in [0.15, 0.2) is 35.5 Å². The third-order valence-electron chi connectivity index (χ3n) is 3.56. The topological polar surface area (TPSA) is 61.8 Å². The molecule has 1 atom stereocenters. The molecule has 1 aliphatic rings. The van der Waals surface area contributed by atoms with Gasteiger partial charge >= 0.3 is 0 Å². The van der Waals surface area contributed by atoms with E-state index in [4.69, 9.17) is 10.9 Å². The van der Waals surface area contributed by atoms with E-state index >= 15 is 0 Å². The van der Waals surface area contributed by atoms with Gasteiger partial charge in [-0.25, -0.2) is 0 Å². The lowest BCUT2D eigenvalue weighted by atomic mass is 9.97. The highest BCUT2D eigenvalue weighted by atomic mass is 16.4. The lowest BCUT2D eigenvalue weighted by Gasteiger charge is -2.25. The monoisotopic (exact) mass is 247 g/mol. The molecule has 0 bridgehead atoms. The first-order valence-electron chi connectivity index (χ1n) is 6.52. The molecule has 3 N–H and O–H groups in total. The number of benzene rings is 1. The number of hydrogen-bond donors (Lipinski definition) is 2. The number of oxime groups is 1. The zero-order chi connectivity index (χ0) is 13.0. The first-order chi connectivity index (χ1) is 8.76. The number of hydrogen-bond acceptors (Lipinski definition) is 3. The Labute approximate surface area is 108 Å².